The molecule has 4 atom stereocenters. The summed E-state index contributed by atoms with van der Waals surface area (Å²) < 4.78 is 5.09. The van der Waals surface area contributed by atoms with Gasteiger partial charge in [0.25, 0.3) is 5.91 Å². The van der Waals surface area contributed by atoms with E-state index in [0.717, 1.165) is 24.8 Å². The fourth-order valence-electron chi connectivity index (χ4n) is 5.49. The number of aryl methyl sites for hydroxylation is 1. The molecule has 2 aromatic carbocycles. The van der Waals surface area contributed by atoms with Gasteiger partial charge in [0, 0.05) is 10.7 Å². The van der Waals surface area contributed by atoms with Crippen LogP contribution in [-0.4, -0.2) is 30.3 Å². The molecule has 2 aliphatic carbocycles. The number of hydrogen-bond donors (Lipinski definition) is 1. The quantitative estimate of drug-likeness (QED) is 0.531. The number of benzene rings is 2. The van der Waals surface area contributed by atoms with Crippen molar-refractivity contribution >= 4 is 46.7 Å². The average molecular weight is 467 g/mol. The lowest BCUT2D eigenvalue weighted by Crippen LogP contribution is -2.32. The first kappa shape index (κ1) is 21.6. The van der Waals surface area contributed by atoms with Gasteiger partial charge in [0.2, 0.25) is 11.8 Å². The zero-order valence-electron chi connectivity index (χ0n) is 18.0. The second-order valence-electron chi connectivity index (χ2n) is 9.03. The fourth-order valence-corrected chi connectivity index (χ4v) is 5.67. The van der Waals surface area contributed by atoms with Gasteiger partial charge in [-0.15, -0.1) is 0 Å². The summed E-state index contributed by atoms with van der Waals surface area (Å²) >= 11 is 6.05. The maximum absolute atomic E-state index is 12.9. The molecule has 0 unspecified atom stereocenters. The zero-order valence-corrected chi connectivity index (χ0v) is 18.8. The Labute approximate surface area is 196 Å². The number of anilines is 2. The molecular weight excluding hydrogens is 444 g/mol. The number of carbonyl (C=O) groups is 4. The van der Waals surface area contributed by atoms with Crippen molar-refractivity contribution in [1.82, 2.24) is 0 Å². The van der Waals surface area contributed by atoms with Crippen molar-refractivity contribution < 1.29 is 23.9 Å². The molecule has 1 saturated heterocycles. The van der Waals surface area contributed by atoms with E-state index in [4.69, 9.17) is 16.3 Å². The highest BCUT2D eigenvalue weighted by molar-refractivity contribution is 6.31. The van der Waals surface area contributed by atoms with E-state index in [0.29, 0.717) is 28.2 Å². The standard InChI is InChI=1S/C25H23ClN2O5/c1-13-2-7-17(11-19(13)26)27-20(29)12-33-25(32)14-5-8-18(9-6-14)28-23(30)21-15-3-4-16(10-15)22(21)24(28)31/h2,5-9,11,15-16,21-22H,3-4,10,12H2,1H3,(H,27,29)/t15-,16-,21+,22+/m0/s1. The van der Waals surface area contributed by atoms with Crippen LogP contribution in [0.5, 0.6) is 0 Å². The number of amides is 3. The SMILES string of the molecule is Cc1ccc(NC(=O)COC(=O)c2ccc(N3C(=O)[C@@H]4[C@H]5CC[C@@H](C5)[C@H]4C3=O)cc2)cc1Cl. The Morgan fingerprint density at radius 3 is 2.27 bits per heavy atom. The van der Waals surface area contributed by atoms with Crippen molar-refractivity contribution in [3.05, 3.63) is 58.6 Å². The summed E-state index contributed by atoms with van der Waals surface area (Å²) in [5.41, 5.74) is 2.08. The van der Waals surface area contributed by atoms with Gasteiger partial charge in [0.15, 0.2) is 6.61 Å². The minimum absolute atomic E-state index is 0.125. The maximum Gasteiger partial charge on any atom is 0.338 e. The molecule has 0 aromatic heterocycles. The Kier molecular flexibility index (Phi) is 5.44. The molecule has 3 amide bonds. The van der Waals surface area contributed by atoms with E-state index in [1.807, 2.05) is 6.92 Å². The van der Waals surface area contributed by atoms with E-state index in [2.05, 4.69) is 5.32 Å². The van der Waals surface area contributed by atoms with Gasteiger partial charge in [0.1, 0.15) is 0 Å². The number of nitrogens with zero attached hydrogens (tertiary/aromatic N) is 1. The molecule has 5 rings (SSSR count). The molecule has 2 aromatic rings. The molecule has 7 nitrogen and oxygen atoms in total. The van der Waals surface area contributed by atoms with E-state index in [1.54, 1.807) is 30.3 Å². The summed E-state index contributed by atoms with van der Waals surface area (Å²) in [6.45, 7) is 1.40. The Balaban J connectivity index is 1.19. The summed E-state index contributed by atoms with van der Waals surface area (Å²) in [7, 11) is 0. The van der Waals surface area contributed by atoms with Crippen LogP contribution < -0.4 is 10.2 Å². The predicted octanol–water partition coefficient (Wildman–Crippen LogP) is 3.98. The average Bonchev–Trinajstić information content (AvgIpc) is 3.48. The maximum atomic E-state index is 12.9. The van der Waals surface area contributed by atoms with Crippen LogP contribution >= 0.6 is 11.6 Å². The lowest BCUT2D eigenvalue weighted by atomic mass is 9.81. The topological polar surface area (TPSA) is 92.8 Å². The van der Waals surface area contributed by atoms with Crippen molar-refractivity contribution in [2.75, 3.05) is 16.8 Å². The van der Waals surface area contributed by atoms with Gasteiger partial charge in [-0.2, -0.15) is 0 Å². The molecule has 3 fully saturated rings. The molecule has 8 heteroatoms. The number of halogens is 1. The molecule has 0 radical (unpaired) electrons. The highest BCUT2D eigenvalue weighted by atomic mass is 35.5. The third-order valence-electron chi connectivity index (χ3n) is 7.08. The Bertz CT molecular complexity index is 1130. The molecule has 1 heterocycles. The van der Waals surface area contributed by atoms with E-state index in [-0.39, 0.29) is 29.2 Å². The van der Waals surface area contributed by atoms with Crippen molar-refractivity contribution in [2.24, 2.45) is 23.7 Å². The number of esters is 1. The molecule has 170 valence electrons. The number of rotatable bonds is 5. The first-order valence-electron chi connectivity index (χ1n) is 11.0. The van der Waals surface area contributed by atoms with Crippen LogP contribution in [0.1, 0.15) is 35.2 Å². The largest absolute Gasteiger partial charge is 0.452 e. The van der Waals surface area contributed by atoms with Gasteiger partial charge in [-0.25, -0.2) is 4.79 Å². The van der Waals surface area contributed by atoms with Crippen LogP contribution in [-0.2, 0) is 19.1 Å². The summed E-state index contributed by atoms with van der Waals surface area (Å²) in [4.78, 5) is 51.6. The third kappa shape index (κ3) is 3.80. The van der Waals surface area contributed by atoms with E-state index in [1.165, 1.54) is 17.0 Å². The monoisotopic (exact) mass is 466 g/mol. The molecular formula is C25H23ClN2O5. The van der Waals surface area contributed by atoms with Crippen LogP contribution in [0.15, 0.2) is 42.5 Å². The Morgan fingerprint density at radius 2 is 1.67 bits per heavy atom. The van der Waals surface area contributed by atoms with Gasteiger partial charge in [-0.05, 0) is 80.0 Å². The molecule has 2 saturated carbocycles. The number of carbonyl (C=O) groups excluding carboxylic acids is 4. The number of fused-ring (bicyclic) bond motifs is 5. The third-order valence-corrected chi connectivity index (χ3v) is 7.49. The second kappa shape index (κ2) is 8.30. The summed E-state index contributed by atoms with van der Waals surface area (Å²) in [5.74, 6) is -1.16. The van der Waals surface area contributed by atoms with Crippen molar-refractivity contribution in [3.63, 3.8) is 0 Å². The van der Waals surface area contributed by atoms with Crippen LogP contribution in [0.4, 0.5) is 11.4 Å². The molecule has 1 aliphatic heterocycles. The van der Waals surface area contributed by atoms with Gasteiger partial charge in [-0.1, -0.05) is 17.7 Å². The van der Waals surface area contributed by atoms with Crippen molar-refractivity contribution in [3.8, 4) is 0 Å². The van der Waals surface area contributed by atoms with E-state index >= 15 is 0 Å². The highest BCUT2D eigenvalue weighted by Gasteiger charge is 2.61. The van der Waals surface area contributed by atoms with E-state index in [9.17, 15) is 19.2 Å². The Hall–Kier alpha value is -3.19. The normalized spacial score (nSPS) is 25.3. The van der Waals surface area contributed by atoms with Crippen molar-refractivity contribution in [1.29, 1.82) is 0 Å². The first-order chi connectivity index (χ1) is 15.8. The number of ether oxygens (including phenoxy) is 1. The van der Waals surface area contributed by atoms with Crippen LogP contribution in [0.25, 0.3) is 0 Å². The minimum atomic E-state index is -0.673. The molecule has 0 spiro atoms. The highest BCUT2D eigenvalue weighted by Crippen LogP contribution is 2.56. The number of hydrogen-bond acceptors (Lipinski definition) is 5. The molecule has 2 bridgehead atoms. The predicted molar refractivity (Wildman–Crippen MR) is 122 cm³/mol. The van der Waals surface area contributed by atoms with Crippen LogP contribution in [0, 0.1) is 30.6 Å². The molecule has 3 aliphatic rings. The van der Waals surface area contributed by atoms with Crippen LogP contribution in [0.2, 0.25) is 5.02 Å². The molecule has 1 N–H and O–H groups in total. The molecule has 33 heavy (non-hydrogen) atoms. The van der Waals surface area contributed by atoms with Gasteiger partial charge >= 0.3 is 5.97 Å². The number of nitrogens with one attached hydrogen (secondary N) is 1. The fraction of sp³-hybridized carbons (Fsp3) is 0.360. The second-order valence-corrected chi connectivity index (χ2v) is 9.44. The first-order valence-corrected chi connectivity index (χ1v) is 11.4. The lowest BCUT2D eigenvalue weighted by molar-refractivity contribution is -0.123. The van der Waals surface area contributed by atoms with Crippen molar-refractivity contribution in [2.45, 2.75) is 26.2 Å². The lowest BCUT2D eigenvalue weighted by Gasteiger charge is -2.19. The summed E-state index contributed by atoms with van der Waals surface area (Å²) in [6.07, 6.45) is 3.03. The Morgan fingerprint density at radius 1 is 1.03 bits per heavy atom. The zero-order chi connectivity index (χ0) is 23.3. The number of imide groups is 1. The minimum Gasteiger partial charge on any atom is -0.452 e. The van der Waals surface area contributed by atoms with Crippen LogP contribution in [0.3, 0.4) is 0 Å². The smallest absolute Gasteiger partial charge is 0.338 e. The summed E-state index contributed by atoms with van der Waals surface area (Å²) in [6, 6.07) is 11.3. The van der Waals surface area contributed by atoms with Gasteiger partial charge in [0.05, 0.1) is 23.1 Å². The van der Waals surface area contributed by atoms with Gasteiger partial charge in [-0.3, -0.25) is 19.3 Å². The van der Waals surface area contributed by atoms with Gasteiger partial charge < -0.3 is 10.1 Å². The van der Waals surface area contributed by atoms with E-state index < -0.39 is 18.5 Å². The summed E-state index contributed by atoms with van der Waals surface area (Å²) in [5, 5.41) is 3.15.